The fourth-order valence-corrected chi connectivity index (χ4v) is 6.12. The summed E-state index contributed by atoms with van der Waals surface area (Å²) < 4.78 is 52.7. The van der Waals surface area contributed by atoms with Crippen molar-refractivity contribution in [2.24, 2.45) is 0 Å². The molecule has 1 aliphatic rings. The highest BCUT2D eigenvalue weighted by Gasteiger charge is 2.48. The van der Waals surface area contributed by atoms with Crippen molar-refractivity contribution in [2.75, 3.05) is 12.3 Å². The lowest BCUT2D eigenvalue weighted by Crippen LogP contribution is -2.39. The number of nitrogens with two attached hydrogens (primary N) is 1. The number of ether oxygens (including phenoxy) is 1. The summed E-state index contributed by atoms with van der Waals surface area (Å²) in [5, 5.41) is 10.6. The Morgan fingerprint density at radius 1 is 1.29 bits per heavy atom. The Labute approximate surface area is 189 Å². The summed E-state index contributed by atoms with van der Waals surface area (Å²) in [7, 11) is -16.7. The van der Waals surface area contributed by atoms with Crippen LogP contribution in [0.2, 0.25) is 0 Å². The molecule has 2 unspecified atom stereocenters. The highest BCUT2D eigenvalue weighted by atomic mass is 31.3. The number of aromatic nitrogens is 4. The van der Waals surface area contributed by atoms with Gasteiger partial charge in [-0.15, -0.1) is 6.42 Å². The molecule has 0 aromatic carbocycles. The number of aliphatic hydroxyl groups is 1. The number of terminal acetylenes is 1. The van der Waals surface area contributed by atoms with Crippen LogP contribution in [0.25, 0.3) is 11.2 Å². The lowest BCUT2D eigenvalue weighted by Gasteiger charge is -2.23. The second-order valence-electron chi connectivity index (χ2n) is 6.93. The van der Waals surface area contributed by atoms with Crippen LogP contribution in [0.1, 0.15) is 6.42 Å². The molecule has 8 N–H and O–H groups in total. The van der Waals surface area contributed by atoms with Crippen molar-refractivity contribution in [3.8, 4) is 12.3 Å². The third kappa shape index (κ3) is 6.37. The van der Waals surface area contributed by atoms with Crippen molar-refractivity contribution in [1.82, 2.24) is 19.5 Å². The number of hydrogen-bond acceptors (Lipinski definition) is 12. The van der Waals surface area contributed by atoms with Gasteiger partial charge < -0.3 is 39.7 Å². The zero-order valence-corrected chi connectivity index (χ0v) is 19.4. The van der Waals surface area contributed by atoms with E-state index >= 15 is 0 Å². The average Bonchev–Trinajstić information content (AvgIpc) is 3.19. The summed E-state index contributed by atoms with van der Waals surface area (Å²) in [4.78, 5) is 57.9. The maximum Gasteiger partial charge on any atom is 0.490 e. The molecule has 3 rings (SSSR count). The third-order valence-corrected chi connectivity index (χ3v) is 8.18. The van der Waals surface area contributed by atoms with Crippen LogP contribution in [-0.4, -0.2) is 68.6 Å². The fraction of sp³-hybridized carbons (Fsp3) is 0.462. The minimum Gasteiger partial charge on any atom is -0.375 e. The number of phosphoric acid groups is 3. The fourth-order valence-electron chi connectivity index (χ4n) is 3.10. The molecule has 18 nitrogen and oxygen atoms in total. The molecule has 0 saturated carbocycles. The molecule has 3 heterocycles. The van der Waals surface area contributed by atoms with E-state index in [9.17, 15) is 33.4 Å². The van der Waals surface area contributed by atoms with Crippen LogP contribution in [0, 0.1) is 12.3 Å². The maximum atomic E-state index is 11.9. The highest BCUT2D eigenvalue weighted by Crippen LogP contribution is 2.66. The molecular formula is C13H18N5O13P3. The van der Waals surface area contributed by atoms with Gasteiger partial charge in [0.2, 0.25) is 5.95 Å². The first-order valence-electron chi connectivity index (χ1n) is 8.87. The van der Waals surface area contributed by atoms with Crippen LogP contribution in [0.4, 0.5) is 5.95 Å². The Bertz CT molecular complexity index is 1330. The maximum absolute atomic E-state index is 11.9. The van der Waals surface area contributed by atoms with E-state index in [4.69, 9.17) is 26.7 Å². The van der Waals surface area contributed by atoms with Gasteiger partial charge in [-0.05, 0) is 0 Å². The van der Waals surface area contributed by atoms with E-state index in [1.54, 1.807) is 0 Å². The first kappa shape index (κ1) is 26.6. The SMILES string of the molecule is C#C[C@@]1(O)C[C@H](Cn2cnc3c(=O)[nH]c(N)nc32)O[C@@H]1COP(=O)(O)OP(=O)(O)OP(=O)(O)O. The van der Waals surface area contributed by atoms with Crippen LogP contribution in [-0.2, 0) is 38.1 Å². The zero-order valence-electron chi connectivity index (χ0n) is 16.7. The van der Waals surface area contributed by atoms with E-state index in [0.29, 0.717) is 0 Å². The van der Waals surface area contributed by atoms with Crippen molar-refractivity contribution in [2.45, 2.75) is 30.8 Å². The zero-order chi connectivity index (χ0) is 25.5. The summed E-state index contributed by atoms with van der Waals surface area (Å²) in [6.45, 7) is -0.988. The van der Waals surface area contributed by atoms with Gasteiger partial charge in [-0.25, -0.2) is 18.7 Å². The van der Waals surface area contributed by atoms with Crippen LogP contribution in [0.3, 0.4) is 0 Å². The summed E-state index contributed by atoms with van der Waals surface area (Å²) in [5.74, 6) is 1.90. The van der Waals surface area contributed by atoms with Crippen LogP contribution >= 0.6 is 23.5 Å². The van der Waals surface area contributed by atoms with Gasteiger partial charge in [0.1, 0.15) is 6.10 Å². The summed E-state index contributed by atoms with van der Waals surface area (Å²) in [6.07, 6.45) is 4.10. The standard InChI is InChI=1S/C13H18N5O13P3/c1-2-13(20)3-7(4-18-6-15-9-10(18)16-12(14)17-11(9)19)29-8(13)5-28-33(24,25)31-34(26,27)30-32(21,22)23/h1,6-8,20H,3-5H2,(H,24,25)(H,26,27)(H2,21,22,23)(H3,14,16,17,19)/t7-,8-,13-/m1/s1. The highest BCUT2D eigenvalue weighted by molar-refractivity contribution is 7.66. The summed E-state index contributed by atoms with van der Waals surface area (Å²) >= 11 is 0. The van der Waals surface area contributed by atoms with Gasteiger partial charge in [0.15, 0.2) is 16.8 Å². The molecule has 0 bridgehead atoms. The van der Waals surface area contributed by atoms with Crippen molar-refractivity contribution < 1.29 is 56.3 Å². The van der Waals surface area contributed by atoms with Crippen molar-refractivity contribution >= 4 is 40.6 Å². The largest absolute Gasteiger partial charge is 0.490 e. The Hall–Kier alpha value is -1.96. The molecule has 188 valence electrons. The average molecular weight is 545 g/mol. The van der Waals surface area contributed by atoms with Crippen LogP contribution in [0.15, 0.2) is 11.1 Å². The molecule has 0 spiro atoms. The molecule has 21 heteroatoms. The Morgan fingerprint density at radius 2 is 1.97 bits per heavy atom. The number of aromatic amines is 1. The Kier molecular flexibility index (Phi) is 7.25. The Morgan fingerprint density at radius 3 is 2.59 bits per heavy atom. The van der Waals surface area contributed by atoms with Gasteiger partial charge in [-0.2, -0.15) is 13.6 Å². The van der Waals surface area contributed by atoms with Crippen molar-refractivity contribution in [1.29, 1.82) is 0 Å². The number of H-pyrrole nitrogens is 1. The van der Waals surface area contributed by atoms with Crippen molar-refractivity contribution in [3.05, 3.63) is 16.7 Å². The molecular weight excluding hydrogens is 527 g/mol. The predicted octanol–water partition coefficient (Wildman–Crippen LogP) is -1.43. The summed E-state index contributed by atoms with van der Waals surface area (Å²) in [5.41, 5.74) is 3.02. The second kappa shape index (κ2) is 9.25. The Balaban J connectivity index is 1.70. The lowest BCUT2D eigenvalue weighted by atomic mass is 9.95. The van der Waals surface area contributed by atoms with E-state index in [-0.39, 0.29) is 30.1 Å². The topological polar surface area (TPSA) is 279 Å². The number of nitrogen functional groups attached to an aromatic ring is 1. The first-order chi connectivity index (χ1) is 15.5. The van der Waals surface area contributed by atoms with Gasteiger partial charge in [0, 0.05) is 6.42 Å². The monoisotopic (exact) mass is 545 g/mol. The minimum absolute atomic E-state index is 0.0105. The number of anilines is 1. The van der Waals surface area contributed by atoms with Crippen molar-refractivity contribution in [3.63, 3.8) is 0 Å². The third-order valence-electron chi connectivity index (χ3n) is 4.38. The molecule has 34 heavy (non-hydrogen) atoms. The first-order valence-corrected chi connectivity index (χ1v) is 13.4. The molecule has 1 saturated heterocycles. The number of rotatable bonds is 9. The molecule has 1 fully saturated rings. The van der Waals surface area contributed by atoms with Gasteiger partial charge >= 0.3 is 23.5 Å². The van der Waals surface area contributed by atoms with Gasteiger partial charge in [-0.1, -0.05) is 5.92 Å². The molecule has 2 aromatic rings. The molecule has 2 aromatic heterocycles. The molecule has 5 atom stereocenters. The van der Waals surface area contributed by atoms with Crippen LogP contribution < -0.4 is 11.3 Å². The lowest BCUT2D eigenvalue weighted by molar-refractivity contribution is -0.0466. The van der Waals surface area contributed by atoms with E-state index in [1.807, 2.05) is 0 Å². The predicted molar refractivity (Wildman–Crippen MR) is 109 cm³/mol. The number of fused-ring (bicyclic) bond motifs is 1. The number of hydrogen-bond donors (Lipinski definition) is 7. The summed E-state index contributed by atoms with van der Waals surface area (Å²) in [6, 6.07) is 0. The minimum atomic E-state index is -5.72. The number of nitrogens with zero attached hydrogens (tertiary/aromatic N) is 3. The molecule has 0 amide bonds. The van der Waals surface area contributed by atoms with E-state index < -0.39 is 53.4 Å². The molecule has 1 aliphatic heterocycles. The number of nitrogens with one attached hydrogen (secondary N) is 1. The second-order valence-corrected chi connectivity index (χ2v) is 11.3. The number of phosphoric ester groups is 1. The van der Waals surface area contributed by atoms with E-state index in [2.05, 4.69) is 34.0 Å². The normalized spacial score (nSPS) is 26.7. The van der Waals surface area contributed by atoms with Crippen LogP contribution in [0.5, 0.6) is 0 Å². The quantitative estimate of drug-likeness (QED) is 0.140. The van der Waals surface area contributed by atoms with Gasteiger partial charge in [0.05, 0.1) is 25.6 Å². The van der Waals surface area contributed by atoms with E-state index in [1.165, 1.54) is 10.9 Å². The molecule has 0 aliphatic carbocycles. The van der Waals surface area contributed by atoms with Gasteiger partial charge in [0.25, 0.3) is 5.56 Å². The van der Waals surface area contributed by atoms with Gasteiger partial charge in [-0.3, -0.25) is 14.3 Å². The van der Waals surface area contributed by atoms with E-state index in [0.717, 1.165) is 0 Å². The number of imidazole rings is 1. The smallest absolute Gasteiger partial charge is 0.375 e. The molecule has 0 radical (unpaired) electrons.